The average molecular weight is 218 g/mol. The zero-order chi connectivity index (χ0) is 10.8. The smallest absolute Gasteiger partial charge is 0.214 e. The maximum absolute atomic E-state index is 11.9. The summed E-state index contributed by atoms with van der Waals surface area (Å²) in [6, 6.07) is 1.90. The molecule has 2 heterocycles. The van der Waals surface area contributed by atoms with Crippen LogP contribution < -0.4 is 0 Å². The van der Waals surface area contributed by atoms with E-state index in [-0.39, 0.29) is 5.78 Å². The predicted molar refractivity (Wildman–Crippen MR) is 59.3 cm³/mol. The molecule has 2 aromatic rings. The molecule has 0 spiro atoms. The molecule has 0 aromatic carbocycles. The Morgan fingerprint density at radius 3 is 2.73 bits per heavy atom. The van der Waals surface area contributed by atoms with Gasteiger partial charge in [-0.2, -0.15) is 0 Å². The molecule has 76 valence electrons. The second kappa shape index (κ2) is 3.90. The van der Waals surface area contributed by atoms with Gasteiger partial charge in [-0.15, -0.1) is 11.3 Å². The Balaban J connectivity index is 2.42. The molecule has 0 saturated heterocycles. The fourth-order valence-electron chi connectivity index (χ4n) is 1.40. The summed E-state index contributed by atoms with van der Waals surface area (Å²) in [4.78, 5) is 20.1. The maximum atomic E-state index is 11.9. The third kappa shape index (κ3) is 1.94. The number of thiazole rings is 1. The monoisotopic (exact) mass is 218 g/mol. The summed E-state index contributed by atoms with van der Waals surface area (Å²) in [5.74, 6) is -0.0544. The van der Waals surface area contributed by atoms with E-state index in [0.717, 1.165) is 11.3 Å². The molecule has 0 N–H and O–H groups in total. The van der Waals surface area contributed by atoms with Crippen molar-refractivity contribution in [2.75, 3.05) is 0 Å². The number of aromatic nitrogens is 2. The topological polar surface area (TPSA) is 42.9 Å². The van der Waals surface area contributed by atoms with Crippen molar-refractivity contribution >= 4 is 17.1 Å². The van der Waals surface area contributed by atoms with E-state index < -0.39 is 0 Å². The van der Waals surface area contributed by atoms with Crippen molar-refractivity contribution in [3.63, 3.8) is 0 Å². The van der Waals surface area contributed by atoms with Crippen LogP contribution in [0.1, 0.15) is 27.3 Å². The third-order valence-corrected chi connectivity index (χ3v) is 2.74. The number of rotatable bonds is 2. The summed E-state index contributed by atoms with van der Waals surface area (Å²) in [6.07, 6.45) is 1.62. The molecule has 4 heteroatoms. The molecule has 0 unspecified atom stereocenters. The number of pyridine rings is 1. The Morgan fingerprint density at radius 2 is 2.13 bits per heavy atom. The van der Waals surface area contributed by atoms with Gasteiger partial charge < -0.3 is 0 Å². The van der Waals surface area contributed by atoms with Crippen molar-refractivity contribution in [2.24, 2.45) is 0 Å². The first kappa shape index (κ1) is 9.98. The molecule has 0 fully saturated rings. The molecule has 0 aliphatic carbocycles. The van der Waals surface area contributed by atoms with Gasteiger partial charge in [-0.1, -0.05) is 0 Å². The number of hydrogen-bond acceptors (Lipinski definition) is 4. The van der Waals surface area contributed by atoms with Crippen LogP contribution in [0.25, 0.3) is 0 Å². The van der Waals surface area contributed by atoms with Gasteiger partial charge in [0.2, 0.25) is 5.78 Å². The zero-order valence-corrected chi connectivity index (χ0v) is 9.34. The Bertz CT molecular complexity index is 491. The lowest BCUT2D eigenvalue weighted by Crippen LogP contribution is -2.05. The minimum atomic E-state index is -0.0544. The van der Waals surface area contributed by atoms with E-state index in [1.54, 1.807) is 17.1 Å². The highest BCUT2D eigenvalue weighted by atomic mass is 32.1. The summed E-state index contributed by atoms with van der Waals surface area (Å²) >= 11 is 1.42. The molecule has 0 amide bonds. The van der Waals surface area contributed by atoms with Gasteiger partial charge in [-0.3, -0.25) is 9.78 Å². The van der Waals surface area contributed by atoms with Crippen LogP contribution in [0.3, 0.4) is 0 Å². The van der Waals surface area contributed by atoms with Crippen molar-refractivity contribution < 1.29 is 4.79 Å². The van der Waals surface area contributed by atoms with Crippen LogP contribution in [0.5, 0.6) is 0 Å². The van der Waals surface area contributed by atoms with Crippen LogP contribution in [-0.4, -0.2) is 15.8 Å². The van der Waals surface area contributed by atoms with Crippen molar-refractivity contribution in [1.82, 2.24) is 9.97 Å². The summed E-state index contributed by atoms with van der Waals surface area (Å²) in [5, 5.41) is 1.75. The van der Waals surface area contributed by atoms with E-state index in [1.165, 1.54) is 11.3 Å². The van der Waals surface area contributed by atoms with Crippen LogP contribution in [0.2, 0.25) is 0 Å². The van der Waals surface area contributed by atoms with E-state index in [0.29, 0.717) is 11.3 Å². The van der Waals surface area contributed by atoms with Gasteiger partial charge in [0.25, 0.3) is 0 Å². The highest BCUT2D eigenvalue weighted by Crippen LogP contribution is 2.13. The van der Waals surface area contributed by atoms with Gasteiger partial charge in [-0.05, 0) is 25.5 Å². The standard InChI is InChI=1S/C11H10N2OS/c1-7-3-8(2)12-4-9(7)11(14)10-5-15-6-13-10/h3-6H,1-2H3. The third-order valence-electron chi connectivity index (χ3n) is 2.16. The van der Waals surface area contributed by atoms with Crippen LogP contribution in [-0.2, 0) is 0 Å². The van der Waals surface area contributed by atoms with E-state index >= 15 is 0 Å². The highest BCUT2D eigenvalue weighted by Gasteiger charge is 2.13. The largest absolute Gasteiger partial charge is 0.287 e. The second-order valence-corrected chi connectivity index (χ2v) is 4.06. The first-order valence-corrected chi connectivity index (χ1v) is 5.49. The van der Waals surface area contributed by atoms with Crippen LogP contribution >= 0.6 is 11.3 Å². The highest BCUT2D eigenvalue weighted by molar-refractivity contribution is 7.07. The van der Waals surface area contributed by atoms with Gasteiger partial charge in [-0.25, -0.2) is 4.98 Å². The SMILES string of the molecule is Cc1cc(C)c(C(=O)c2cscn2)cn1. The van der Waals surface area contributed by atoms with E-state index in [2.05, 4.69) is 9.97 Å². The summed E-state index contributed by atoms with van der Waals surface area (Å²) in [6.45, 7) is 3.82. The van der Waals surface area contributed by atoms with Crippen LogP contribution in [0.15, 0.2) is 23.2 Å². The molecule has 2 rings (SSSR count). The van der Waals surface area contributed by atoms with Gasteiger partial charge in [0, 0.05) is 22.8 Å². The second-order valence-electron chi connectivity index (χ2n) is 3.34. The molecule has 2 aromatic heterocycles. The van der Waals surface area contributed by atoms with Crippen molar-refractivity contribution in [3.05, 3.63) is 45.7 Å². The minimum absolute atomic E-state index is 0.0544. The fourth-order valence-corrected chi connectivity index (χ4v) is 1.93. The quantitative estimate of drug-likeness (QED) is 0.727. The van der Waals surface area contributed by atoms with Gasteiger partial charge in [0.05, 0.1) is 5.51 Å². The van der Waals surface area contributed by atoms with Crippen molar-refractivity contribution in [2.45, 2.75) is 13.8 Å². The van der Waals surface area contributed by atoms with Crippen LogP contribution in [0.4, 0.5) is 0 Å². The van der Waals surface area contributed by atoms with Gasteiger partial charge in [0.15, 0.2) is 0 Å². The minimum Gasteiger partial charge on any atom is -0.287 e. The summed E-state index contributed by atoms with van der Waals surface area (Å²) in [7, 11) is 0. The van der Waals surface area contributed by atoms with E-state index in [9.17, 15) is 4.79 Å². The molecule has 0 bridgehead atoms. The predicted octanol–water partition coefficient (Wildman–Crippen LogP) is 2.39. The normalized spacial score (nSPS) is 10.3. The van der Waals surface area contributed by atoms with Gasteiger partial charge in [0.1, 0.15) is 5.69 Å². The Morgan fingerprint density at radius 1 is 1.33 bits per heavy atom. The molecule has 0 radical (unpaired) electrons. The maximum Gasteiger partial charge on any atom is 0.214 e. The van der Waals surface area contributed by atoms with Crippen LogP contribution in [0, 0.1) is 13.8 Å². The molecule has 3 nitrogen and oxygen atoms in total. The lowest BCUT2D eigenvalue weighted by atomic mass is 10.1. The number of hydrogen-bond donors (Lipinski definition) is 0. The Kier molecular flexibility index (Phi) is 2.60. The Hall–Kier alpha value is -1.55. The zero-order valence-electron chi connectivity index (χ0n) is 8.52. The molecular formula is C11H10N2OS. The molecule has 0 saturated carbocycles. The number of carbonyl (C=O) groups is 1. The molecule has 0 aliphatic rings. The Labute approximate surface area is 91.8 Å². The lowest BCUT2D eigenvalue weighted by Gasteiger charge is -2.02. The summed E-state index contributed by atoms with van der Waals surface area (Å²) < 4.78 is 0. The molecule has 0 atom stereocenters. The molecular weight excluding hydrogens is 208 g/mol. The average Bonchev–Trinajstić information content (AvgIpc) is 2.69. The van der Waals surface area contributed by atoms with Gasteiger partial charge >= 0.3 is 0 Å². The van der Waals surface area contributed by atoms with Crippen molar-refractivity contribution in [1.29, 1.82) is 0 Å². The van der Waals surface area contributed by atoms with Crippen molar-refractivity contribution in [3.8, 4) is 0 Å². The number of aryl methyl sites for hydroxylation is 2. The van der Waals surface area contributed by atoms with E-state index in [4.69, 9.17) is 0 Å². The number of carbonyl (C=O) groups excluding carboxylic acids is 1. The molecule has 0 aliphatic heterocycles. The fraction of sp³-hybridized carbons (Fsp3) is 0.182. The lowest BCUT2D eigenvalue weighted by molar-refractivity contribution is 0.103. The van der Waals surface area contributed by atoms with E-state index in [1.807, 2.05) is 19.9 Å². The molecule has 15 heavy (non-hydrogen) atoms. The number of nitrogens with zero attached hydrogens (tertiary/aromatic N) is 2. The number of ketones is 1. The first-order chi connectivity index (χ1) is 7.18. The summed E-state index contributed by atoms with van der Waals surface area (Å²) in [5.41, 5.74) is 4.65. The first-order valence-electron chi connectivity index (χ1n) is 4.54.